The number of halogens is 3. The number of piperidine rings is 1. The lowest BCUT2D eigenvalue weighted by Crippen LogP contribution is -2.52. The van der Waals surface area contributed by atoms with E-state index >= 15 is 0 Å². The van der Waals surface area contributed by atoms with Gasteiger partial charge in [-0.3, -0.25) is 19.5 Å². The number of likely N-dealkylation sites (tertiary alicyclic amines) is 1. The Morgan fingerprint density at radius 1 is 1.09 bits per heavy atom. The number of H-pyrrole nitrogens is 2. The van der Waals surface area contributed by atoms with Crippen molar-refractivity contribution in [3.05, 3.63) is 58.3 Å². The molecule has 244 valence electrons. The summed E-state index contributed by atoms with van der Waals surface area (Å²) in [7, 11) is 2.06. The van der Waals surface area contributed by atoms with Gasteiger partial charge in [-0.05, 0) is 56.6 Å². The summed E-state index contributed by atoms with van der Waals surface area (Å²) in [6.45, 7) is 5.80. The highest BCUT2D eigenvalue weighted by molar-refractivity contribution is 5.96. The van der Waals surface area contributed by atoms with Crippen LogP contribution in [0.1, 0.15) is 63.3 Å². The molecule has 2 aliphatic rings. The molecule has 12 nitrogen and oxygen atoms in total. The summed E-state index contributed by atoms with van der Waals surface area (Å²) in [4.78, 5) is 51.7. The van der Waals surface area contributed by atoms with Crippen LogP contribution in [-0.2, 0) is 30.4 Å². The summed E-state index contributed by atoms with van der Waals surface area (Å²) in [5.41, 5.74) is 0.392. The maximum absolute atomic E-state index is 13.5. The molecule has 0 saturated carbocycles. The van der Waals surface area contributed by atoms with Gasteiger partial charge >= 0.3 is 6.18 Å². The topological polar surface area (TPSA) is 154 Å². The van der Waals surface area contributed by atoms with Gasteiger partial charge in [0.25, 0.3) is 11.8 Å². The number of benzene rings is 1. The van der Waals surface area contributed by atoms with Crippen molar-refractivity contribution in [3.8, 4) is 17.3 Å². The van der Waals surface area contributed by atoms with Crippen LogP contribution in [0.4, 0.5) is 13.2 Å². The molecule has 4 heterocycles. The summed E-state index contributed by atoms with van der Waals surface area (Å²) in [5, 5.41) is 17.3. The summed E-state index contributed by atoms with van der Waals surface area (Å²) >= 11 is 0. The minimum absolute atomic E-state index is 0.0461. The van der Waals surface area contributed by atoms with Gasteiger partial charge in [0.2, 0.25) is 5.91 Å². The molecule has 2 fully saturated rings. The number of carbonyl (C=O) groups excluding carboxylic acids is 3. The zero-order chi connectivity index (χ0) is 33.0. The van der Waals surface area contributed by atoms with E-state index in [1.165, 1.54) is 0 Å². The Balaban J connectivity index is 1.19. The molecule has 0 aliphatic carbocycles. The maximum atomic E-state index is 13.5. The van der Waals surface area contributed by atoms with E-state index in [1.54, 1.807) is 23.1 Å². The van der Waals surface area contributed by atoms with Crippen molar-refractivity contribution in [3.63, 3.8) is 0 Å². The van der Waals surface area contributed by atoms with Gasteiger partial charge in [-0.25, -0.2) is 4.98 Å². The number of amides is 3. The highest BCUT2D eigenvalue weighted by Crippen LogP contribution is 2.37. The minimum atomic E-state index is -4.78. The van der Waals surface area contributed by atoms with Gasteiger partial charge in [0.1, 0.15) is 0 Å². The van der Waals surface area contributed by atoms with Gasteiger partial charge in [0.05, 0.1) is 35.6 Å². The second kappa shape index (κ2) is 13.7. The fourth-order valence-electron chi connectivity index (χ4n) is 5.98. The number of nitriles is 1. The Kier molecular flexibility index (Phi) is 9.76. The van der Waals surface area contributed by atoms with Crippen LogP contribution in [0.25, 0.3) is 11.3 Å². The molecular formula is C31H36F3N9O3. The minimum Gasteiger partial charge on any atom is -0.345 e. The normalized spacial score (nSPS) is 16.3. The van der Waals surface area contributed by atoms with Crippen molar-refractivity contribution < 1.29 is 27.6 Å². The number of aromatic nitrogens is 4. The van der Waals surface area contributed by atoms with Gasteiger partial charge in [0, 0.05) is 44.2 Å². The zero-order valence-corrected chi connectivity index (χ0v) is 25.7. The third-order valence-corrected chi connectivity index (χ3v) is 8.61. The molecule has 2 aliphatic heterocycles. The fraction of sp³-hybridized carbons (Fsp3) is 0.484. The van der Waals surface area contributed by atoms with Crippen molar-refractivity contribution in [2.75, 3.05) is 46.3 Å². The van der Waals surface area contributed by atoms with E-state index in [4.69, 9.17) is 5.26 Å². The van der Waals surface area contributed by atoms with Gasteiger partial charge in [-0.2, -0.15) is 23.5 Å². The van der Waals surface area contributed by atoms with E-state index in [1.807, 2.05) is 17.9 Å². The van der Waals surface area contributed by atoms with Crippen molar-refractivity contribution in [1.29, 1.82) is 5.26 Å². The van der Waals surface area contributed by atoms with Gasteiger partial charge in [-0.15, -0.1) is 0 Å². The SMILES string of the molecule is CCc1cc(CNC(=O)c2ncc(-c3c(C(F)(F)F)n[nH]c3CC#N)[nH]2)ccc1C(=O)N1CCN(C(=O)C2CCN(C)CC2)CC1. The molecule has 2 aromatic heterocycles. The second-order valence-electron chi connectivity index (χ2n) is 11.6. The molecule has 0 bridgehead atoms. The average Bonchev–Trinajstić information content (AvgIpc) is 3.71. The summed E-state index contributed by atoms with van der Waals surface area (Å²) in [6.07, 6.45) is -1.72. The highest BCUT2D eigenvalue weighted by atomic mass is 19.4. The Labute approximate surface area is 263 Å². The van der Waals surface area contributed by atoms with Gasteiger partial charge < -0.3 is 25.0 Å². The second-order valence-corrected chi connectivity index (χ2v) is 11.6. The van der Waals surface area contributed by atoms with E-state index in [0.29, 0.717) is 38.2 Å². The molecule has 46 heavy (non-hydrogen) atoms. The van der Waals surface area contributed by atoms with Crippen LogP contribution in [-0.4, -0.2) is 98.9 Å². The Bertz CT molecular complexity index is 1630. The molecule has 0 radical (unpaired) electrons. The molecule has 5 rings (SSSR count). The lowest BCUT2D eigenvalue weighted by Gasteiger charge is -2.38. The van der Waals surface area contributed by atoms with Gasteiger partial charge in [-0.1, -0.05) is 19.1 Å². The van der Waals surface area contributed by atoms with Crippen molar-refractivity contribution in [2.24, 2.45) is 5.92 Å². The van der Waals surface area contributed by atoms with Gasteiger partial charge in [0.15, 0.2) is 11.5 Å². The summed E-state index contributed by atoms with van der Waals surface area (Å²) in [6, 6.07) is 7.12. The first-order valence-electron chi connectivity index (χ1n) is 15.2. The van der Waals surface area contributed by atoms with Crippen molar-refractivity contribution in [1.82, 2.24) is 40.2 Å². The molecule has 2 saturated heterocycles. The lowest BCUT2D eigenvalue weighted by molar-refractivity contribution is -0.140. The summed E-state index contributed by atoms with van der Waals surface area (Å²) in [5.74, 6) is -0.716. The highest BCUT2D eigenvalue weighted by Gasteiger charge is 2.39. The number of nitrogens with zero attached hydrogens (tertiary/aromatic N) is 6. The Morgan fingerprint density at radius 3 is 2.43 bits per heavy atom. The average molecular weight is 640 g/mol. The molecule has 0 spiro atoms. The number of piperazine rings is 1. The number of alkyl halides is 3. The fourth-order valence-corrected chi connectivity index (χ4v) is 5.98. The molecule has 3 amide bonds. The predicted molar refractivity (Wildman–Crippen MR) is 160 cm³/mol. The zero-order valence-electron chi connectivity index (χ0n) is 25.7. The van der Waals surface area contributed by atoms with Crippen LogP contribution >= 0.6 is 0 Å². The first-order valence-corrected chi connectivity index (χ1v) is 15.2. The molecule has 1 aromatic carbocycles. The van der Waals surface area contributed by atoms with E-state index in [-0.39, 0.29) is 53.5 Å². The predicted octanol–water partition coefficient (Wildman–Crippen LogP) is 3.00. The first-order chi connectivity index (χ1) is 22.0. The largest absolute Gasteiger partial charge is 0.435 e. The summed E-state index contributed by atoms with van der Waals surface area (Å²) < 4.78 is 40.5. The molecular weight excluding hydrogens is 603 g/mol. The number of hydrogen-bond donors (Lipinski definition) is 3. The number of imidazole rings is 1. The number of hydrogen-bond acceptors (Lipinski definition) is 7. The van der Waals surface area contributed by atoms with E-state index < -0.39 is 17.8 Å². The maximum Gasteiger partial charge on any atom is 0.435 e. The van der Waals surface area contributed by atoms with Crippen LogP contribution in [0.2, 0.25) is 0 Å². The monoisotopic (exact) mass is 639 g/mol. The lowest BCUT2D eigenvalue weighted by atomic mass is 9.95. The smallest absolute Gasteiger partial charge is 0.345 e. The third kappa shape index (κ3) is 7.07. The third-order valence-electron chi connectivity index (χ3n) is 8.61. The van der Waals surface area contributed by atoms with Crippen molar-refractivity contribution in [2.45, 2.75) is 45.3 Å². The molecule has 0 unspecified atom stereocenters. The number of carbonyl (C=O) groups is 3. The number of aryl methyl sites for hydroxylation is 1. The Morgan fingerprint density at radius 2 is 1.78 bits per heavy atom. The van der Waals surface area contributed by atoms with E-state index in [2.05, 4.69) is 37.4 Å². The van der Waals surface area contributed by atoms with E-state index in [0.717, 1.165) is 43.3 Å². The van der Waals surface area contributed by atoms with Crippen LogP contribution in [0, 0.1) is 17.2 Å². The first kappa shape index (κ1) is 32.7. The van der Waals surface area contributed by atoms with Crippen LogP contribution in [0.3, 0.4) is 0 Å². The standard InChI is InChI=1S/C31H36F3N9O3/c1-3-20-16-19(4-5-22(20)30(46)43-14-12-42(13-15-43)29(45)21-7-10-41(2)11-8-21)17-37-28(44)27-36-18-24(38-27)25-23(6-9-35)39-40-26(25)31(32,33)34/h4-5,16,18,21H,3,6-8,10-15,17H2,1-2H3,(H,36,38)(H,37,44)(H,39,40). The number of nitrogens with one attached hydrogen (secondary N) is 3. The Hall–Kier alpha value is -4.71. The quantitative estimate of drug-likeness (QED) is 0.343. The van der Waals surface area contributed by atoms with Crippen LogP contribution in [0.5, 0.6) is 0 Å². The van der Waals surface area contributed by atoms with Crippen LogP contribution < -0.4 is 5.32 Å². The molecule has 3 N–H and O–H groups in total. The van der Waals surface area contributed by atoms with E-state index in [9.17, 15) is 27.6 Å². The van der Waals surface area contributed by atoms with Crippen LogP contribution in [0.15, 0.2) is 24.4 Å². The molecule has 0 atom stereocenters. The molecule has 3 aromatic rings. The number of rotatable bonds is 8. The van der Waals surface area contributed by atoms with Crippen molar-refractivity contribution >= 4 is 17.7 Å². The number of aromatic amines is 2. The molecule has 15 heteroatoms.